The number of hydrogen-bond donors (Lipinski definition) is 1. The van der Waals surface area contributed by atoms with Crippen LogP contribution < -0.4 is 19.7 Å². The van der Waals surface area contributed by atoms with Crippen molar-refractivity contribution in [3.05, 3.63) is 24.4 Å². The van der Waals surface area contributed by atoms with Crippen LogP contribution in [0.1, 0.15) is 19.8 Å². The van der Waals surface area contributed by atoms with Crippen LogP contribution in [0.3, 0.4) is 0 Å². The quantitative estimate of drug-likeness (QED) is 0.802. The Morgan fingerprint density at radius 1 is 1.17 bits per heavy atom. The second-order valence-corrected chi connectivity index (χ2v) is 5.11. The molecule has 124 valence electrons. The molecule has 1 aromatic carbocycles. The van der Waals surface area contributed by atoms with Gasteiger partial charge in [-0.2, -0.15) is 10.1 Å². The summed E-state index contributed by atoms with van der Waals surface area (Å²) in [5, 5.41) is 11.3. The lowest BCUT2D eigenvalue weighted by molar-refractivity contribution is 0.355. The maximum atomic E-state index is 5.30. The molecule has 0 amide bonds. The van der Waals surface area contributed by atoms with Crippen molar-refractivity contribution in [1.29, 1.82) is 0 Å². The van der Waals surface area contributed by atoms with Crippen LogP contribution >= 0.6 is 0 Å². The van der Waals surface area contributed by atoms with E-state index in [0.717, 1.165) is 25.1 Å². The summed E-state index contributed by atoms with van der Waals surface area (Å²) < 4.78 is 10.5. The summed E-state index contributed by atoms with van der Waals surface area (Å²) in [6.45, 7) is 3.06. The number of rotatable bonds is 8. The van der Waals surface area contributed by atoms with Crippen LogP contribution in [0.4, 0.5) is 17.5 Å². The zero-order chi connectivity index (χ0) is 16.7. The normalized spacial score (nSPS) is 10.3. The van der Waals surface area contributed by atoms with Crippen molar-refractivity contribution in [3.8, 4) is 11.5 Å². The molecule has 1 heterocycles. The topological polar surface area (TPSA) is 72.4 Å². The average molecular weight is 317 g/mol. The third kappa shape index (κ3) is 4.45. The fraction of sp³-hybridized carbons (Fsp3) is 0.438. The van der Waals surface area contributed by atoms with Gasteiger partial charge in [0.2, 0.25) is 5.95 Å². The van der Waals surface area contributed by atoms with E-state index in [0.29, 0.717) is 23.3 Å². The summed E-state index contributed by atoms with van der Waals surface area (Å²) in [5.74, 6) is 2.56. The van der Waals surface area contributed by atoms with Crippen LogP contribution in [0.5, 0.6) is 11.5 Å². The molecule has 7 nitrogen and oxygen atoms in total. The van der Waals surface area contributed by atoms with Gasteiger partial charge in [0, 0.05) is 25.3 Å². The lowest BCUT2D eigenvalue weighted by Crippen LogP contribution is -2.21. The fourth-order valence-corrected chi connectivity index (χ4v) is 2.07. The molecule has 0 spiro atoms. The number of nitrogens with one attached hydrogen (secondary N) is 1. The van der Waals surface area contributed by atoms with Gasteiger partial charge in [-0.05, 0) is 18.6 Å². The number of hydrogen-bond acceptors (Lipinski definition) is 7. The molecular weight excluding hydrogens is 294 g/mol. The van der Waals surface area contributed by atoms with E-state index < -0.39 is 0 Å². The van der Waals surface area contributed by atoms with Crippen molar-refractivity contribution in [1.82, 2.24) is 15.2 Å². The van der Waals surface area contributed by atoms with E-state index in [2.05, 4.69) is 27.4 Å². The molecule has 0 aliphatic carbocycles. The summed E-state index contributed by atoms with van der Waals surface area (Å²) >= 11 is 0. The number of anilines is 3. The first kappa shape index (κ1) is 16.8. The summed E-state index contributed by atoms with van der Waals surface area (Å²) in [7, 11) is 5.18. The number of methoxy groups -OCH3 is 2. The predicted octanol–water partition coefficient (Wildman–Crippen LogP) is 2.87. The van der Waals surface area contributed by atoms with Crippen LogP contribution in [0.2, 0.25) is 0 Å². The fourth-order valence-electron chi connectivity index (χ4n) is 2.07. The molecular formula is C16H23N5O2. The van der Waals surface area contributed by atoms with Crippen molar-refractivity contribution < 1.29 is 9.47 Å². The van der Waals surface area contributed by atoms with Crippen LogP contribution in [0.15, 0.2) is 24.4 Å². The molecule has 2 rings (SSSR count). The Bertz CT molecular complexity index is 636. The van der Waals surface area contributed by atoms with Crippen molar-refractivity contribution in [2.45, 2.75) is 19.8 Å². The molecule has 1 N–H and O–H groups in total. The van der Waals surface area contributed by atoms with Crippen LogP contribution in [0.25, 0.3) is 0 Å². The Balaban J connectivity index is 2.14. The molecule has 0 aliphatic heterocycles. The minimum atomic E-state index is 0.601. The molecule has 0 fully saturated rings. The standard InChI is InChI=1S/C16H23N5O2/c1-5-6-9-21(2)16-19-15(11-17-20-16)18-12-7-8-13(22-3)14(10-12)23-4/h7-8,10-11H,5-6,9H2,1-4H3,(H,18,19,20). The summed E-state index contributed by atoms with van der Waals surface area (Å²) in [6, 6.07) is 5.58. The van der Waals surface area contributed by atoms with E-state index in [1.807, 2.05) is 30.1 Å². The van der Waals surface area contributed by atoms with Gasteiger partial charge < -0.3 is 19.7 Å². The average Bonchev–Trinajstić information content (AvgIpc) is 2.59. The number of nitrogens with zero attached hydrogens (tertiary/aromatic N) is 4. The lowest BCUT2D eigenvalue weighted by atomic mass is 10.2. The first-order valence-corrected chi connectivity index (χ1v) is 7.57. The van der Waals surface area contributed by atoms with Gasteiger partial charge in [-0.25, -0.2) is 0 Å². The summed E-state index contributed by atoms with van der Waals surface area (Å²) in [4.78, 5) is 6.48. The Kier molecular flexibility index (Phi) is 5.96. The highest BCUT2D eigenvalue weighted by Crippen LogP contribution is 2.30. The zero-order valence-corrected chi connectivity index (χ0v) is 14.0. The SMILES string of the molecule is CCCCN(C)c1nncc(Nc2ccc(OC)c(OC)c2)n1. The van der Waals surface area contributed by atoms with Gasteiger partial charge >= 0.3 is 0 Å². The minimum absolute atomic E-state index is 0.601. The predicted molar refractivity (Wildman–Crippen MR) is 90.8 cm³/mol. The van der Waals surface area contributed by atoms with E-state index in [1.54, 1.807) is 20.4 Å². The number of ether oxygens (including phenoxy) is 2. The molecule has 23 heavy (non-hydrogen) atoms. The Morgan fingerprint density at radius 3 is 2.65 bits per heavy atom. The summed E-state index contributed by atoms with van der Waals surface area (Å²) in [5.41, 5.74) is 0.838. The van der Waals surface area contributed by atoms with Crippen LogP contribution in [0, 0.1) is 0 Å². The Morgan fingerprint density at radius 2 is 1.96 bits per heavy atom. The van der Waals surface area contributed by atoms with Crippen molar-refractivity contribution >= 4 is 17.5 Å². The monoisotopic (exact) mass is 317 g/mol. The lowest BCUT2D eigenvalue weighted by Gasteiger charge is -2.16. The van der Waals surface area contributed by atoms with Gasteiger partial charge in [-0.3, -0.25) is 0 Å². The van der Waals surface area contributed by atoms with Crippen molar-refractivity contribution in [2.24, 2.45) is 0 Å². The largest absolute Gasteiger partial charge is 0.493 e. The third-order valence-electron chi connectivity index (χ3n) is 3.39. The number of aromatic nitrogens is 3. The van der Waals surface area contributed by atoms with Crippen molar-refractivity contribution in [3.63, 3.8) is 0 Å². The van der Waals surface area contributed by atoms with E-state index >= 15 is 0 Å². The van der Waals surface area contributed by atoms with Crippen LogP contribution in [-0.4, -0.2) is 43.0 Å². The highest BCUT2D eigenvalue weighted by Gasteiger charge is 2.08. The molecule has 0 aliphatic rings. The van der Waals surface area contributed by atoms with E-state index in [9.17, 15) is 0 Å². The first-order chi connectivity index (χ1) is 11.2. The van der Waals surface area contributed by atoms with Gasteiger partial charge in [0.25, 0.3) is 0 Å². The number of benzene rings is 1. The molecule has 0 unspecified atom stereocenters. The molecule has 0 bridgehead atoms. The molecule has 7 heteroatoms. The molecule has 0 atom stereocenters. The van der Waals surface area contributed by atoms with Crippen LogP contribution in [-0.2, 0) is 0 Å². The second kappa shape index (κ2) is 8.17. The van der Waals surface area contributed by atoms with Gasteiger partial charge in [0.1, 0.15) is 0 Å². The maximum absolute atomic E-state index is 5.30. The Hall–Kier alpha value is -2.57. The molecule has 1 aromatic heterocycles. The zero-order valence-electron chi connectivity index (χ0n) is 14.0. The van der Waals surface area contributed by atoms with E-state index in [4.69, 9.17) is 9.47 Å². The van der Waals surface area contributed by atoms with Gasteiger partial charge in [0.05, 0.1) is 20.4 Å². The molecule has 0 radical (unpaired) electrons. The number of unbranched alkanes of at least 4 members (excludes halogenated alkanes) is 1. The molecule has 2 aromatic rings. The van der Waals surface area contributed by atoms with E-state index in [1.165, 1.54) is 0 Å². The minimum Gasteiger partial charge on any atom is -0.493 e. The highest BCUT2D eigenvalue weighted by molar-refractivity contribution is 5.61. The highest BCUT2D eigenvalue weighted by atomic mass is 16.5. The first-order valence-electron chi connectivity index (χ1n) is 7.57. The van der Waals surface area contributed by atoms with Gasteiger partial charge in [-0.15, -0.1) is 5.10 Å². The van der Waals surface area contributed by atoms with E-state index in [-0.39, 0.29) is 0 Å². The summed E-state index contributed by atoms with van der Waals surface area (Å²) in [6.07, 6.45) is 3.81. The second-order valence-electron chi connectivity index (χ2n) is 5.11. The third-order valence-corrected chi connectivity index (χ3v) is 3.39. The maximum Gasteiger partial charge on any atom is 0.247 e. The Labute approximate surface area is 136 Å². The molecule has 0 saturated heterocycles. The molecule has 0 saturated carbocycles. The van der Waals surface area contributed by atoms with Crippen molar-refractivity contribution in [2.75, 3.05) is 38.0 Å². The van der Waals surface area contributed by atoms with Gasteiger partial charge in [0.15, 0.2) is 17.3 Å². The van der Waals surface area contributed by atoms with Gasteiger partial charge in [-0.1, -0.05) is 13.3 Å². The smallest absolute Gasteiger partial charge is 0.247 e.